The normalized spacial score (nSPS) is 11.8. The van der Waals surface area contributed by atoms with Gasteiger partial charge in [-0.05, 0) is 77.1 Å². The van der Waals surface area contributed by atoms with Crippen molar-refractivity contribution in [2.45, 2.75) is 31.6 Å². The summed E-state index contributed by atoms with van der Waals surface area (Å²) >= 11 is 0. The number of amides is 2. The molecule has 0 aromatic heterocycles. The van der Waals surface area contributed by atoms with E-state index in [1.54, 1.807) is 24.1 Å². The smallest absolute Gasteiger partial charge is 0.491 e. The van der Waals surface area contributed by atoms with Crippen LogP contribution in [-0.4, -0.2) is 61.6 Å². The summed E-state index contributed by atoms with van der Waals surface area (Å²) in [5, 5.41) is 2.80. The van der Waals surface area contributed by atoms with E-state index in [0.29, 0.717) is 42.9 Å². The highest BCUT2D eigenvalue weighted by molar-refractivity contribution is 6.00. The van der Waals surface area contributed by atoms with E-state index in [2.05, 4.69) is 10.1 Å². The Morgan fingerprint density at radius 1 is 0.854 bits per heavy atom. The fraction of sp³-hybridized carbons (Fsp3) is 0.250. The molecule has 4 aromatic carbocycles. The van der Waals surface area contributed by atoms with E-state index in [1.807, 2.05) is 60.7 Å². The molecule has 0 unspecified atom stereocenters. The van der Waals surface area contributed by atoms with Gasteiger partial charge in [-0.15, -0.1) is 0 Å². The Hall–Kier alpha value is -5.20. The van der Waals surface area contributed by atoms with Crippen LogP contribution in [0.15, 0.2) is 97.1 Å². The number of carbonyl (C=O) groups excluding carboxylic acids is 3. The van der Waals surface area contributed by atoms with Gasteiger partial charge in [0.1, 0.15) is 11.5 Å². The fourth-order valence-electron chi connectivity index (χ4n) is 5.03. The van der Waals surface area contributed by atoms with Gasteiger partial charge in [-0.3, -0.25) is 9.59 Å². The molecule has 0 radical (unpaired) electrons. The van der Waals surface area contributed by atoms with Crippen molar-refractivity contribution in [2.24, 2.45) is 11.5 Å². The second-order valence-corrected chi connectivity index (χ2v) is 11.0. The lowest BCUT2D eigenvalue weighted by Crippen LogP contribution is -2.45. The van der Waals surface area contributed by atoms with Crippen molar-refractivity contribution in [1.82, 2.24) is 10.2 Å². The molecule has 0 fully saturated rings. The molecule has 9 nitrogen and oxygen atoms in total. The van der Waals surface area contributed by atoms with Crippen molar-refractivity contribution in [3.05, 3.63) is 119 Å². The van der Waals surface area contributed by atoms with Gasteiger partial charge in [-0.25, -0.2) is 4.79 Å². The van der Waals surface area contributed by atoms with Gasteiger partial charge in [0.25, 0.3) is 5.91 Å². The minimum Gasteiger partial charge on any atom is -0.497 e. The average molecular weight is 663 g/mol. The van der Waals surface area contributed by atoms with Crippen molar-refractivity contribution in [1.29, 1.82) is 0 Å². The molecule has 12 heteroatoms. The maximum absolute atomic E-state index is 13.8. The van der Waals surface area contributed by atoms with Gasteiger partial charge < -0.3 is 31.2 Å². The Bertz CT molecular complexity index is 1700. The molecule has 0 aliphatic heterocycles. The SMILES string of the molecule is COc1ccc(CCN(Cc2cccc(-c3ccccc3C(=O)NCCN)c2)C(=O)[C@@H](N)Cc2ccc(OC(=O)C(F)(F)F)cc2)cc1. The molecule has 0 bridgehead atoms. The maximum atomic E-state index is 13.8. The van der Waals surface area contributed by atoms with Gasteiger partial charge >= 0.3 is 12.1 Å². The zero-order valence-corrected chi connectivity index (χ0v) is 26.3. The summed E-state index contributed by atoms with van der Waals surface area (Å²) < 4.78 is 47.3. The number of rotatable bonds is 14. The van der Waals surface area contributed by atoms with E-state index >= 15 is 0 Å². The highest BCUT2D eigenvalue weighted by Crippen LogP contribution is 2.26. The molecule has 1 atom stereocenters. The van der Waals surface area contributed by atoms with Gasteiger partial charge in [0.15, 0.2) is 0 Å². The maximum Gasteiger partial charge on any atom is 0.491 e. The molecule has 0 saturated carbocycles. The summed E-state index contributed by atoms with van der Waals surface area (Å²) in [5.41, 5.74) is 16.4. The second-order valence-electron chi connectivity index (χ2n) is 11.0. The first-order chi connectivity index (χ1) is 23.0. The number of hydrogen-bond acceptors (Lipinski definition) is 7. The van der Waals surface area contributed by atoms with E-state index in [-0.39, 0.29) is 30.5 Å². The van der Waals surface area contributed by atoms with E-state index in [1.165, 1.54) is 24.3 Å². The van der Waals surface area contributed by atoms with Crippen LogP contribution < -0.4 is 26.3 Å². The van der Waals surface area contributed by atoms with Gasteiger partial charge in [0, 0.05) is 31.7 Å². The van der Waals surface area contributed by atoms with Crippen molar-refractivity contribution >= 4 is 17.8 Å². The van der Waals surface area contributed by atoms with Crippen LogP contribution in [0.2, 0.25) is 0 Å². The minimum absolute atomic E-state index is 0.0939. The zero-order valence-electron chi connectivity index (χ0n) is 26.3. The Labute approximate surface area is 276 Å². The molecule has 0 aliphatic rings. The van der Waals surface area contributed by atoms with Crippen LogP contribution in [0, 0.1) is 0 Å². The largest absolute Gasteiger partial charge is 0.497 e. The number of halogens is 3. The van der Waals surface area contributed by atoms with Crippen LogP contribution in [0.4, 0.5) is 13.2 Å². The van der Waals surface area contributed by atoms with Crippen molar-refractivity contribution < 1.29 is 37.0 Å². The Morgan fingerprint density at radius 2 is 1.52 bits per heavy atom. The first-order valence-corrected chi connectivity index (χ1v) is 15.2. The standard InChI is InChI=1S/C36H37F3N4O5/c1-47-28-13-9-24(10-14-28)17-20-43(34(45)32(41)22-25-11-15-29(16-12-25)48-35(46)36(37,38)39)23-26-5-4-6-27(21-26)30-7-2-3-8-31(30)33(44)42-19-18-40/h2-16,21,32H,17-20,22-23,40-41H2,1H3,(H,42,44)/t32-/m0/s1. The number of nitrogens with one attached hydrogen (secondary N) is 1. The quantitative estimate of drug-likeness (QED) is 0.132. The first kappa shape index (κ1) is 35.7. The fourth-order valence-corrected chi connectivity index (χ4v) is 5.03. The third kappa shape index (κ3) is 9.90. The summed E-state index contributed by atoms with van der Waals surface area (Å²) in [6, 6.07) is 26.7. The lowest BCUT2D eigenvalue weighted by atomic mass is 9.97. The van der Waals surface area contributed by atoms with Gasteiger partial charge in [0.05, 0.1) is 13.2 Å². The molecule has 0 heterocycles. The molecule has 252 valence electrons. The molecule has 2 amide bonds. The van der Waals surface area contributed by atoms with E-state index < -0.39 is 18.2 Å². The lowest BCUT2D eigenvalue weighted by Gasteiger charge is -2.26. The number of benzene rings is 4. The topological polar surface area (TPSA) is 137 Å². The Morgan fingerprint density at radius 3 is 2.19 bits per heavy atom. The van der Waals surface area contributed by atoms with E-state index in [0.717, 1.165) is 22.3 Å². The Kier molecular flexibility index (Phi) is 12.3. The highest BCUT2D eigenvalue weighted by Gasteiger charge is 2.41. The van der Waals surface area contributed by atoms with E-state index in [9.17, 15) is 27.6 Å². The second kappa shape index (κ2) is 16.6. The average Bonchev–Trinajstić information content (AvgIpc) is 3.09. The summed E-state index contributed by atoms with van der Waals surface area (Å²) in [7, 11) is 1.58. The number of carbonyl (C=O) groups is 3. The zero-order chi connectivity index (χ0) is 34.7. The van der Waals surface area contributed by atoms with Crippen LogP contribution in [0.3, 0.4) is 0 Å². The summed E-state index contributed by atoms with van der Waals surface area (Å²) in [6.07, 6.45) is -4.49. The molecular formula is C36H37F3N4O5. The number of esters is 1. The van der Waals surface area contributed by atoms with Gasteiger partial charge in [-0.2, -0.15) is 13.2 Å². The molecule has 0 aliphatic carbocycles. The van der Waals surface area contributed by atoms with Crippen LogP contribution in [0.1, 0.15) is 27.0 Å². The van der Waals surface area contributed by atoms with E-state index in [4.69, 9.17) is 16.2 Å². The van der Waals surface area contributed by atoms with Crippen LogP contribution in [-0.2, 0) is 29.0 Å². The molecule has 4 aromatic rings. The molecule has 0 saturated heterocycles. The van der Waals surface area contributed by atoms with Crippen molar-refractivity contribution in [2.75, 3.05) is 26.7 Å². The molecule has 5 N–H and O–H groups in total. The lowest BCUT2D eigenvalue weighted by molar-refractivity contribution is -0.189. The van der Waals surface area contributed by atoms with Crippen LogP contribution in [0.25, 0.3) is 11.1 Å². The van der Waals surface area contributed by atoms with Crippen molar-refractivity contribution in [3.63, 3.8) is 0 Å². The third-order valence-electron chi connectivity index (χ3n) is 7.49. The summed E-state index contributed by atoms with van der Waals surface area (Å²) in [5.74, 6) is -2.46. The number of alkyl halides is 3. The molecule has 48 heavy (non-hydrogen) atoms. The third-order valence-corrected chi connectivity index (χ3v) is 7.49. The van der Waals surface area contributed by atoms with Crippen LogP contribution >= 0.6 is 0 Å². The highest BCUT2D eigenvalue weighted by atomic mass is 19.4. The predicted octanol–water partition coefficient (Wildman–Crippen LogP) is 4.66. The summed E-state index contributed by atoms with van der Waals surface area (Å²) in [6.45, 7) is 1.22. The minimum atomic E-state index is -5.12. The van der Waals surface area contributed by atoms with Crippen LogP contribution in [0.5, 0.6) is 11.5 Å². The number of nitrogens with zero attached hydrogens (tertiary/aromatic N) is 1. The molecular weight excluding hydrogens is 625 g/mol. The number of hydrogen-bond donors (Lipinski definition) is 3. The molecule has 4 rings (SSSR count). The predicted molar refractivity (Wildman–Crippen MR) is 175 cm³/mol. The first-order valence-electron chi connectivity index (χ1n) is 15.2. The molecule has 0 spiro atoms. The van der Waals surface area contributed by atoms with Gasteiger partial charge in [0.2, 0.25) is 5.91 Å². The van der Waals surface area contributed by atoms with Gasteiger partial charge in [-0.1, -0.05) is 60.7 Å². The monoisotopic (exact) mass is 662 g/mol. The number of ether oxygens (including phenoxy) is 2. The number of methoxy groups -OCH3 is 1. The summed E-state index contributed by atoms with van der Waals surface area (Å²) in [4.78, 5) is 39.5. The van der Waals surface area contributed by atoms with Crippen molar-refractivity contribution in [3.8, 4) is 22.6 Å². The number of nitrogens with two attached hydrogens (primary N) is 2. The Balaban J connectivity index is 1.54.